The van der Waals surface area contributed by atoms with Crippen LogP contribution in [0.5, 0.6) is 17.2 Å². The molecule has 0 radical (unpaired) electrons. The molecule has 4 nitrogen and oxygen atoms in total. The molecule has 106 valence electrons. The number of hydrogen-bond acceptors (Lipinski definition) is 3. The summed E-state index contributed by atoms with van der Waals surface area (Å²) in [6.07, 6.45) is 2.08. The van der Waals surface area contributed by atoms with Crippen LogP contribution in [0.3, 0.4) is 0 Å². The fourth-order valence-corrected chi connectivity index (χ4v) is 4.35. The zero-order valence-corrected chi connectivity index (χ0v) is 13.1. The Morgan fingerprint density at radius 1 is 1.10 bits per heavy atom. The molecule has 0 spiro atoms. The molecule has 1 aromatic heterocycles. The van der Waals surface area contributed by atoms with Crippen LogP contribution >= 0.6 is 0 Å². The molecule has 2 heterocycles. The summed E-state index contributed by atoms with van der Waals surface area (Å²) < 4.78 is 18.7. The minimum absolute atomic E-state index is 0.200. The van der Waals surface area contributed by atoms with Gasteiger partial charge in [0, 0.05) is 0 Å². The molecule has 0 saturated heterocycles. The molecule has 4 rings (SSSR count). The normalized spacial score (nSPS) is 12.8. The van der Waals surface area contributed by atoms with Crippen LogP contribution in [-0.4, -0.2) is 33.8 Å². The SMILES string of the molecule is COc1ccc2[nH]cc([Se]c3ccc4c(c3)OCO4)c2c1. The Kier molecular flexibility index (Phi) is 3.02. The molecule has 2 aromatic carbocycles. The third kappa shape index (κ3) is 2.24. The van der Waals surface area contributed by atoms with E-state index in [9.17, 15) is 0 Å². The second-order valence-corrected chi connectivity index (χ2v) is 7.02. The third-order valence-electron chi connectivity index (χ3n) is 3.42. The molecular formula is C16H13NO3Se. The van der Waals surface area contributed by atoms with Crippen LogP contribution in [0.25, 0.3) is 10.9 Å². The first kappa shape index (κ1) is 12.6. The van der Waals surface area contributed by atoms with Crippen molar-refractivity contribution in [2.45, 2.75) is 0 Å². The van der Waals surface area contributed by atoms with Crippen molar-refractivity contribution in [2.75, 3.05) is 13.9 Å². The standard InChI is InChI=1S/C16H13NO3Se/c1-18-10-2-4-13-12(6-10)16(8-17-13)21-11-3-5-14-15(7-11)20-9-19-14/h2-8,17H,9H2,1H3. The predicted octanol–water partition coefficient (Wildman–Crippen LogP) is 1.56. The van der Waals surface area contributed by atoms with Crippen molar-refractivity contribution in [2.24, 2.45) is 0 Å². The van der Waals surface area contributed by atoms with Crippen molar-refractivity contribution in [3.05, 3.63) is 42.6 Å². The van der Waals surface area contributed by atoms with E-state index in [-0.39, 0.29) is 15.0 Å². The first-order valence-electron chi connectivity index (χ1n) is 6.56. The Morgan fingerprint density at radius 3 is 2.90 bits per heavy atom. The zero-order valence-electron chi connectivity index (χ0n) is 11.4. The second kappa shape index (κ2) is 5.02. The van der Waals surface area contributed by atoms with Gasteiger partial charge in [0.2, 0.25) is 0 Å². The molecule has 0 amide bonds. The number of methoxy groups -OCH3 is 1. The van der Waals surface area contributed by atoms with Crippen LogP contribution in [0.15, 0.2) is 42.6 Å². The number of nitrogens with one attached hydrogen (secondary N) is 1. The van der Waals surface area contributed by atoms with Crippen molar-refractivity contribution in [1.82, 2.24) is 4.98 Å². The molecule has 0 unspecified atom stereocenters. The molecule has 21 heavy (non-hydrogen) atoms. The van der Waals surface area contributed by atoms with E-state index in [2.05, 4.69) is 29.4 Å². The van der Waals surface area contributed by atoms with Gasteiger partial charge in [-0.2, -0.15) is 0 Å². The maximum absolute atomic E-state index is 5.44. The molecule has 0 atom stereocenters. The Balaban J connectivity index is 1.70. The molecule has 3 aromatic rings. The van der Waals surface area contributed by atoms with Crippen LogP contribution in [-0.2, 0) is 0 Å². The van der Waals surface area contributed by atoms with Gasteiger partial charge in [0.1, 0.15) is 0 Å². The fourth-order valence-electron chi connectivity index (χ4n) is 2.35. The van der Waals surface area contributed by atoms with Gasteiger partial charge in [-0.3, -0.25) is 0 Å². The van der Waals surface area contributed by atoms with Crippen LogP contribution in [0.2, 0.25) is 0 Å². The molecule has 0 bridgehead atoms. The quantitative estimate of drug-likeness (QED) is 0.732. The molecule has 1 aliphatic rings. The summed E-state index contributed by atoms with van der Waals surface area (Å²) in [5.41, 5.74) is 1.13. The molecule has 1 N–H and O–H groups in total. The van der Waals surface area contributed by atoms with Crippen molar-refractivity contribution in [3.63, 3.8) is 0 Å². The predicted molar refractivity (Wildman–Crippen MR) is 82.4 cm³/mol. The van der Waals surface area contributed by atoms with E-state index in [1.807, 2.05) is 18.2 Å². The summed E-state index contributed by atoms with van der Waals surface area (Å²) in [5, 5.41) is 1.21. The minimum atomic E-state index is 0.200. The van der Waals surface area contributed by atoms with E-state index in [1.54, 1.807) is 7.11 Å². The topological polar surface area (TPSA) is 43.5 Å². The molecule has 1 aliphatic heterocycles. The van der Waals surface area contributed by atoms with Gasteiger partial charge in [-0.05, 0) is 0 Å². The van der Waals surface area contributed by atoms with Crippen molar-refractivity contribution in [3.8, 4) is 17.2 Å². The summed E-state index contributed by atoms with van der Waals surface area (Å²) >= 11 is 0.200. The van der Waals surface area contributed by atoms with Gasteiger partial charge in [0.05, 0.1) is 0 Å². The first-order chi connectivity index (χ1) is 10.3. The molecule has 0 fully saturated rings. The average Bonchev–Trinajstić information content (AvgIpc) is 3.13. The summed E-state index contributed by atoms with van der Waals surface area (Å²) in [6.45, 7) is 0.316. The maximum atomic E-state index is 5.44. The van der Waals surface area contributed by atoms with E-state index in [4.69, 9.17) is 14.2 Å². The Labute approximate surface area is 128 Å². The van der Waals surface area contributed by atoms with Gasteiger partial charge in [-0.1, -0.05) is 0 Å². The Morgan fingerprint density at radius 2 is 2.00 bits per heavy atom. The number of fused-ring (bicyclic) bond motifs is 2. The molecule has 5 heteroatoms. The van der Waals surface area contributed by atoms with Crippen LogP contribution in [0.1, 0.15) is 0 Å². The van der Waals surface area contributed by atoms with E-state index in [1.165, 1.54) is 14.3 Å². The Bertz CT molecular complexity index is 812. The summed E-state index contributed by atoms with van der Waals surface area (Å²) in [4.78, 5) is 3.32. The molecular weight excluding hydrogens is 333 g/mol. The number of H-pyrrole nitrogens is 1. The van der Waals surface area contributed by atoms with E-state index < -0.39 is 0 Å². The molecule has 0 saturated carbocycles. The first-order valence-corrected chi connectivity index (χ1v) is 8.27. The fraction of sp³-hybridized carbons (Fsp3) is 0.125. The third-order valence-corrected chi connectivity index (χ3v) is 5.62. The Hall–Kier alpha value is -2.10. The summed E-state index contributed by atoms with van der Waals surface area (Å²) in [5.74, 6) is 2.55. The van der Waals surface area contributed by atoms with Gasteiger partial charge >= 0.3 is 128 Å². The van der Waals surface area contributed by atoms with Gasteiger partial charge in [-0.25, -0.2) is 0 Å². The van der Waals surface area contributed by atoms with E-state index in [0.29, 0.717) is 6.79 Å². The van der Waals surface area contributed by atoms with Crippen LogP contribution < -0.4 is 23.1 Å². The van der Waals surface area contributed by atoms with Crippen LogP contribution in [0, 0.1) is 0 Å². The van der Waals surface area contributed by atoms with Gasteiger partial charge in [-0.15, -0.1) is 0 Å². The number of hydrogen-bond donors (Lipinski definition) is 1. The van der Waals surface area contributed by atoms with Crippen molar-refractivity contribution >= 4 is 34.8 Å². The van der Waals surface area contributed by atoms with Crippen LogP contribution in [0.4, 0.5) is 0 Å². The van der Waals surface area contributed by atoms with Gasteiger partial charge in [0.25, 0.3) is 0 Å². The van der Waals surface area contributed by atoms with E-state index >= 15 is 0 Å². The van der Waals surface area contributed by atoms with Gasteiger partial charge in [0.15, 0.2) is 0 Å². The number of rotatable bonds is 3. The number of benzene rings is 2. The monoisotopic (exact) mass is 347 g/mol. The molecule has 0 aliphatic carbocycles. The second-order valence-electron chi connectivity index (χ2n) is 4.68. The number of aromatic amines is 1. The van der Waals surface area contributed by atoms with Gasteiger partial charge < -0.3 is 0 Å². The van der Waals surface area contributed by atoms with E-state index in [0.717, 1.165) is 22.8 Å². The summed E-state index contributed by atoms with van der Waals surface area (Å²) in [6, 6.07) is 12.3. The summed E-state index contributed by atoms with van der Waals surface area (Å²) in [7, 11) is 1.69. The number of aromatic nitrogens is 1. The van der Waals surface area contributed by atoms with Crippen molar-refractivity contribution in [1.29, 1.82) is 0 Å². The number of ether oxygens (including phenoxy) is 3. The average molecular weight is 346 g/mol. The zero-order chi connectivity index (χ0) is 14.2. The van der Waals surface area contributed by atoms with Crippen molar-refractivity contribution < 1.29 is 14.2 Å².